The molecule has 3 aromatic rings. The average Bonchev–Trinajstić information content (AvgIpc) is 2.92. The second-order valence-electron chi connectivity index (χ2n) is 10.6. The van der Waals surface area contributed by atoms with Crippen molar-refractivity contribution in [3.8, 4) is 5.75 Å². The summed E-state index contributed by atoms with van der Waals surface area (Å²) in [5, 5.41) is 3.31. The lowest BCUT2D eigenvalue weighted by Gasteiger charge is -2.33. The van der Waals surface area contributed by atoms with E-state index in [2.05, 4.69) is 5.32 Å². The largest absolute Gasteiger partial charge is 0.494 e. The van der Waals surface area contributed by atoms with E-state index in [9.17, 15) is 18.0 Å². The van der Waals surface area contributed by atoms with Crippen molar-refractivity contribution in [2.75, 3.05) is 24.0 Å². The Hall–Kier alpha value is -3.56. The molecule has 0 saturated carbocycles. The highest BCUT2D eigenvalue weighted by Crippen LogP contribution is 2.27. The summed E-state index contributed by atoms with van der Waals surface area (Å²) < 4.78 is 34.3. The Morgan fingerprint density at radius 2 is 1.56 bits per heavy atom. The first kappa shape index (κ1) is 32.0. The number of carbonyl (C=O) groups excluding carboxylic acids is 2. The van der Waals surface area contributed by atoms with E-state index in [0.717, 1.165) is 9.87 Å². The Kier molecular flexibility index (Phi) is 10.8. The number of hydrogen-bond donors (Lipinski definition) is 1. The molecule has 0 aliphatic heterocycles. The second-order valence-corrected chi connectivity index (χ2v) is 12.9. The van der Waals surface area contributed by atoms with Gasteiger partial charge in [-0.2, -0.15) is 0 Å². The van der Waals surface area contributed by atoms with E-state index in [1.165, 1.54) is 29.2 Å². The van der Waals surface area contributed by atoms with Crippen LogP contribution in [0.5, 0.6) is 5.75 Å². The number of nitrogens with zero attached hydrogens (tertiary/aromatic N) is 2. The van der Waals surface area contributed by atoms with Crippen LogP contribution >= 0.6 is 11.6 Å². The Bertz CT molecular complexity index is 1410. The molecule has 8 nitrogen and oxygen atoms in total. The van der Waals surface area contributed by atoms with Gasteiger partial charge in [-0.05, 0) is 95.1 Å². The first-order valence-electron chi connectivity index (χ1n) is 13.5. The number of rotatable bonds is 12. The van der Waals surface area contributed by atoms with Crippen LogP contribution in [0.15, 0.2) is 83.8 Å². The number of nitrogens with one attached hydrogen (secondary N) is 1. The van der Waals surface area contributed by atoms with E-state index in [1.54, 1.807) is 31.2 Å². The summed E-state index contributed by atoms with van der Waals surface area (Å²) in [6.07, 6.45) is 0.493. The predicted octanol–water partition coefficient (Wildman–Crippen LogP) is 5.31. The first-order chi connectivity index (χ1) is 19.3. The molecular weight excluding hydrogens is 562 g/mol. The fourth-order valence-corrected chi connectivity index (χ4v) is 5.72. The number of amides is 2. The predicted molar refractivity (Wildman–Crippen MR) is 163 cm³/mol. The van der Waals surface area contributed by atoms with Gasteiger partial charge in [0.05, 0.1) is 17.2 Å². The third-order valence-electron chi connectivity index (χ3n) is 6.27. The molecule has 0 saturated heterocycles. The van der Waals surface area contributed by atoms with Crippen LogP contribution in [0.2, 0.25) is 5.02 Å². The zero-order valence-electron chi connectivity index (χ0n) is 24.1. The molecule has 0 spiro atoms. The van der Waals surface area contributed by atoms with Crippen molar-refractivity contribution in [2.45, 2.75) is 57.5 Å². The summed E-state index contributed by atoms with van der Waals surface area (Å²) in [5.41, 5.74) is 0.767. The molecule has 10 heteroatoms. The normalized spacial score (nSPS) is 12.3. The molecule has 1 N–H and O–H groups in total. The summed E-state index contributed by atoms with van der Waals surface area (Å²) >= 11 is 6.01. The van der Waals surface area contributed by atoms with E-state index in [-0.39, 0.29) is 23.0 Å². The molecule has 2 amide bonds. The maximum Gasteiger partial charge on any atom is 0.264 e. The molecule has 0 unspecified atom stereocenters. The standard InChI is InChI=1S/C31H38ClN3O5S/c1-6-40-27-16-14-26(15-17-27)35(41(38,39)28-18-12-25(32)13-19-28)22-29(36)34(21-20-24-10-8-7-9-11-24)23(2)30(37)33-31(3,4)5/h7-19,23H,6,20-22H2,1-5H3,(H,33,37)/t23-/m0/s1. The van der Waals surface area contributed by atoms with Gasteiger partial charge in [0.2, 0.25) is 11.8 Å². The topological polar surface area (TPSA) is 96.0 Å². The van der Waals surface area contributed by atoms with Crippen molar-refractivity contribution in [1.82, 2.24) is 10.2 Å². The smallest absolute Gasteiger partial charge is 0.264 e. The van der Waals surface area contributed by atoms with Crippen molar-refractivity contribution in [1.29, 1.82) is 0 Å². The Labute approximate surface area is 248 Å². The molecule has 0 bridgehead atoms. The van der Waals surface area contributed by atoms with Crippen LogP contribution in [-0.4, -0.2) is 56.4 Å². The number of ether oxygens (including phenoxy) is 1. The summed E-state index contributed by atoms with van der Waals surface area (Å²) in [5.74, 6) is -0.264. The van der Waals surface area contributed by atoms with E-state index >= 15 is 0 Å². The number of benzene rings is 3. The average molecular weight is 600 g/mol. The minimum Gasteiger partial charge on any atom is -0.494 e. The van der Waals surface area contributed by atoms with Crippen LogP contribution in [0.25, 0.3) is 0 Å². The molecule has 41 heavy (non-hydrogen) atoms. The first-order valence-corrected chi connectivity index (χ1v) is 15.3. The molecule has 0 radical (unpaired) electrons. The molecule has 3 aromatic carbocycles. The SMILES string of the molecule is CCOc1ccc(N(CC(=O)N(CCc2ccccc2)[C@@H](C)C(=O)NC(C)(C)C)S(=O)(=O)c2ccc(Cl)cc2)cc1. The Balaban J connectivity index is 1.99. The molecule has 1 atom stereocenters. The molecular formula is C31H38ClN3O5S. The van der Waals surface area contributed by atoms with E-state index in [1.807, 2.05) is 58.0 Å². The summed E-state index contributed by atoms with van der Waals surface area (Å²) in [7, 11) is -4.18. The minimum absolute atomic E-state index is 0.0158. The van der Waals surface area contributed by atoms with Crippen LogP contribution in [0.3, 0.4) is 0 Å². The maximum absolute atomic E-state index is 14.0. The molecule has 0 fully saturated rings. The zero-order chi connectivity index (χ0) is 30.2. The maximum atomic E-state index is 14.0. The van der Waals surface area contributed by atoms with Crippen molar-refractivity contribution >= 4 is 39.1 Å². The van der Waals surface area contributed by atoms with Gasteiger partial charge in [-0.3, -0.25) is 13.9 Å². The fourth-order valence-electron chi connectivity index (χ4n) is 4.18. The zero-order valence-corrected chi connectivity index (χ0v) is 25.7. The molecule has 0 aliphatic carbocycles. The summed E-state index contributed by atoms with van der Waals surface area (Å²) in [4.78, 5) is 28.5. The number of hydrogen-bond acceptors (Lipinski definition) is 5. The minimum atomic E-state index is -4.18. The number of halogens is 1. The summed E-state index contributed by atoms with van der Waals surface area (Å²) in [6.45, 7) is 9.25. The highest BCUT2D eigenvalue weighted by atomic mass is 35.5. The third kappa shape index (κ3) is 8.96. The van der Waals surface area contributed by atoms with Gasteiger partial charge in [-0.1, -0.05) is 41.9 Å². The van der Waals surface area contributed by atoms with Crippen LogP contribution in [-0.2, 0) is 26.0 Å². The Morgan fingerprint density at radius 1 is 0.951 bits per heavy atom. The van der Waals surface area contributed by atoms with Crippen LogP contribution in [0.1, 0.15) is 40.2 Å². The number of anilines is 1. The third-order valence-corrected chi connectivity index (χ3v) is 8.31. The van der Waals surface area contributed by atoms with Gasteiger partial charge in [0.1, 0.15) is 18.3 Å². The number of sulfonamides is 1. The molecule has 0 aliphatic rings. The number of carbonyl (C=O) groups is 2. The molecule has 0 heterocycles. The second kappa shape index (κ2) is 13.9. The van der Waals surface area contributed by atoms with Crippen LogP contribution < -0.4 is 14.4 Å². The van der Waals surface area contributed by atoms with Gasteiger partial charge in [0.15, 0.2) is 0 Å². The lowest BCUT2D eigenvalue weighted by atomic mass is 10.1. The van der Waals surface area contributed by atoms with Gasteiger partial charge < -0.3 is 15.0 Å². The van der Waals surface area contributed by atoms with Gasteiger partial charge in [0.25, 0.3) is 10.0 Å². The highest BCUT2D eigenvalue weighted by Gasteiger charge is 2.33. The molecule has 0 aromatic heterocycles. The van der Waals surface area contributed by atoms with Crippen molar-refractivity contribution in [2.24, 2.45) is 0 Å². The van der Waals surface area contributed by atoms with Gasteiger partial charge in [-0.25, -0.2) is 8.42 Å². The highest BCUT2D eigenvalue weighted by molar-refractivity contribution is 7.92. The van der Waals surface area contributed by atoms with Crippen molar-refractivity contribution in [3.05, 3.63) is 89.4 Å². The lowest BCUT2D eigenvalue weighted by Crippen LogP contribution is -2.55. The van der Waals surface area contributed by atoms with Crippen LogP contribution in [0, 0.1) is 0 Å². The fraction of sp³-hybridized carbons (Fsp3) is 0.355. The van der Waals surface area contributed by atoms with Crippen molar-refractivity contribution in [3.63, 3.8) is 0 Å². The van der Waals surface area contributed by atoms with E-state index < -0.39 is 34.1 Å². The van der Waals surface area contributed by atoms with E-state index in [4.69, 9.17) is 16.3 Å². The van der Waals surface area contributed by atoms with Crippen LogP contribution in [0.4, 0.5) is 5.69 Å². The Morgan fingerprint density at radius 3 is 2.12 bits per heavy atom. The molecule has 3 rings (SSSR count). The van der Waals surface area contributed by atoms with Gasteiger partial charge in [-0.15, -0.1) is 0 Å². The molecule has 220 valence electrons. The lowest BCUT2D eigenvalue weighted by molar-refractivity contribution is -0.139. The van der Waals surface area contributed by atoms with Gasteiger partial charge in [0, 0.05) is 17.1 Å². The van der Waals surface area contributed by atoms with Gasteiger partial charge >= 0.3 is 0 Å². The monoisotopic (exact) mass is 599 g/mol. The quantitative estimate of drug-likeness (QED) is 0.304. The van der Waals surface area contributed by atoms with E-state index in [0.29, 0.717) is 23.8 Å². The summed E-state index contributed by atoms with van der Waals surface area (Å²) in [6, 6.07) is 21.0. The van der Waals surface area contributed by atoms with Crippen molar-refractivity contribution < 1.29 is 22.7 Å².